The summed E-state index contributed by atoms with van der Waals surface area (Å²) < 4.78 is 15.5. The Hall–Kier alpha value is -3.89. The first-order valence-corrected chi connectivity index (χ1v) is 11.2. The van der Waals surface area contributed by atoms with Crippen molar-refractivity contribution < 1.29 is 38.6 Å². The molecule has 0 unspecified atom stereocenters. The molecule has 0 amide bonds. The number of esters is 2. The lowest BCUT2D eigenvalue weighted by Gasteiger charge is -2.38. The van der Waals surface area contributed by atoms with Gasteiger partial charge in [-0.2, -0.15) is 0 Å². The Bertz CT molecular complexity index is 1150. The molecular weight excluding hydrogens is 460 g/mol. The number of nitrogens with zero attached hydrogens (tertiary/aromatic N) is 1. The molecule has 0 saturated heterocycles. The number of ether oxygens (including phenoxy) is 3. The standard InChI is InChI=1S/C24H28N2O9/c1-6-34-16-10-13(9-15(21(16)27)26(31)32)19-18(24(30)35-7-2)12(4)25-14-8-11(3)17(23(29)33-5)22(28)20(14)19/h9-11,17,19,25,27H,6-8H2,1-5H3/t11-,17+,19+/m0/s1. The minimum absolute atomic E-state index is 0.0595. The number of nitro benzene ring substituents is 1. The van der Waals surface area contributed by atoms with Crippen LogP contribution in [0.2, 0.25) is 0 Å². The van der Waals surface area contributed by atoms with Gasteiger partial charge in [-0.3, -0.25) is 19.7 Å². The number of dihydropyridines is 1. The van der Waals surface area contributed by atoms with E-state index < -0.39 is 45.9 Å². The van der Waals surface area contributed by atoms with E-state index in [1.165, 1.54) is 13.2 Å². The van der Waals surface area contributed by atoms with Gasteiger partial charge >= 0.3 is 17.6 Å². The van der Waals surface area contributed by atoms with Crippen LogP contribution in [0.15, 0.2) is 34.7 Å². The van der Waals surface area contributed by atoms with Crippen molar-refractivity contribution in [3.8, 4) is 11.5 Å². The maximum Gasteiger partial charge on any atom is 0.336 e. The summed E-state index contributed by atoms with van der Waals surface area (Å²) in [6, 6.07) is 2.46. The number of carbonyl (C=O) groups is 3. The number of phenols is 1. The Kier molecular flexibility index (Phi) is 7.47. The molecule has 188 valence electrons. The monoisotopic (exact) mass is 488 g/mol. The first kappa shape index (κ1) is 25.7. The van der Waals surface area contributed by atoms with Crippen molar-refractivity contribution in [1.29, 1.82) is 0 Å². The van der Waals surface area contributed by atoms with Crippen LogP contribution in [0, 0.1) is 22.0 Å². The zero-order valence-corrected chi connectivity index (χ0v) is 20.2. The topological polar surface area (TPSA) is 154 Å². The zero-order chi connectivity index (χ0) is 26.0. The third-order valence-corrected chi connectivity index (χ3v) is 6.15. The number of Topliss-reactive ketones (excluding diaryl/α,β-unsaturated/α-hetero) is 1. The van der Waals surface area contributed by atoms with E-state index in [9.17, 15) is 29.6 Å². The number of benzene rings is 1. The fourth-order valence-corrected chi connectivity index (χ4v) is 4.68. The maximum absolute atomic E-state index is 13.7. The molecule has 0 bridgehead atoms. The average Bonchev–Trinajstić information content (AvgIpc) is 2.79. The second kappa shape index (κ2) is 10.2. The van der Waals surface area contributed by atoms with Crippen molar-refractivity contribution in [2.24, 2.45) is 11.8 Å². The van der Waals surface area contributed by atoms with E-state index in [4.69, 9.17) is 14.2 Å². The number of hydrogen-bond acceptors (Lipinski definition) is 10. The summed E-state index contributed by atoms with van der Waals surface area (Å²) in [5.74, 6) is -5.40. The zero-order valence-electron chi connectivity index (χ0n) is 20.2. The fourth-order valence-electron chi connectivity index (χ4n) is 4.68. The number of methoxy groups -OCH3 is 1. The largest absolute Gasteiger partial charge is 0.500 e. The first-order valence-electron chi connectivity index (χ1n) is 11.2. The van der Waals surface area contributed by atoms with Gasteiger partial charge in [-0.05, 0) is 44.7 Å². The molecule has 0 saturated carbocycles. The number of allylic oxidation sites excluding steroid dienone is 3. The lowest BCUT2D eigenvalue weighted by atomic mass is 9.69. The van der Waals surface area contributed by atoms with Crippen LogP contribution in [0.25, 0.3) is 0 Å². The van der Waals surface area contributed by atoms with E-state index in [2.05, 4.69) is 5.32 Å². The molecule has 2 aliphatic rings. The Morgan fingerprint density at radius 3 is 2.51 bits per heavy atom. The number of carbonyl (C=O) groups excluding carboxylic acids is 3. The number of aromatic hydroxyl groups is 1. The molecule has 1 aromatic carbocycles. The summed E-state index contributed by atoms with van der Waals surface area (Å²) >= 11 is 0. The molecule has 11 heteroatoms. The highest BCUT2D eigenvalue weighted by molar-refractivity contribution is 6.12. The lowest BCUT2D eigenvalue weighted by molar-refractivity contribution is -0.386. The average molecular weight is 488 g/mol. The van der Waals surface area contributed by atoms with E-state index in [0.717, 1.165) is 6.07 Å². The van der Waals surface area contributed by atoms with Gasteiger partial charge in [0.2, 0.25) is 5.75 Å². The van der Waals surface area contributed by atoms with Crippen LogP contribution in [-0.4, -0.2) is 48.1 Å². The van der Waals surface area contributed by atoms with Gasteiger partial charge in [0, 0.05) is 29.0 Å². The lowest BCUT2D eigenvalue weighted by Crippen LogP contribution is -2.43. The molecule has 0 aromatic heterocycles. The number of nitro groups is 1. The highest BCUT2D eigenvalue weighted by Crippen LogP contribution is 2.48. The highest BCUT2D eigenvalue weighted by atomic mass is 16.6. The Balaban J connectivity index is 2.32. The van der Waals surface area contributed by atoms with Crippen LogP contribution < -0.4 is 10.1 Å². The number of ketones is 1. The van der Waals surface area contributed by atoms with E-state index in [0.29, 0.717) is 17.8 Å². The number of phenolic OH excluding ortho intramolecular Hbond substituents is 1. The van der Waals surface area contributed by atoms with Crippen molar-refractivity contribution >= 4 is 23.4 Å². The molecule has 0 spiro atoms. The fraction of sp³-hybridized carbons (Fsp3) is 0.458. The number of hydrogen-bond donors (Lipinski definition) is 2. The maximum atomic E-state index is 13.7. The molecule has 0 radical (unpaired) electrons. The van der Waals surface area contributed by atoms with Gasteiger partial charge in [-0.1, -0.05) is 6.92 Å². The SMILES string of the molecule is CCOC(=O)C1=C(C)NC2=C(C(=O)[C@H](C(=O)OC)[C@@H](C)C2)[C@@H]1c1cc(OCC)c(O)c([N+](=O)[O-])c1. The quantitative estimate of drug-likeness (QED) is 0.253. The second-order valence-electron chi connectivity index (χ2n) is 8.33. The Morgan fingerprint density at radius 2 is 1.94 bits per heavy atom. The second-order valence-corrected chi connectivity index (χ2v) is 8.33. The summed E-state index contributed by atoms with van der Waals surface area (Å²) in [7, 11) is 1.19. The predicted octanol–water partition coefficient (Wildman–Crippen LogP) is 2.88. The molecule has 3 atom stereocenters. The van der Waals surface area contributed by atoms with Gasteiger partial charge in [-0.15, -0.1) is 0 Å². The van der Waals surface area contributed by atoms with Gasteiger partial charge in [-0.25, -0.2) is 4.79 Å². The molecule has 1 aliphatic carbocycles. The minimum Gasteiger partial charge on any atom is -0.500 e. The predicted molar refractivity (Wildman–Crippen MR) is 122 cm³/mol. The minimum atomic E-state index is -1.11. The van der Waals surface area contributed by atoms with Gasteiger partial charge in [0.1, 0.15) is 5.92 Å². The van der Waals surface area contributed by atoms with Crippen LogP contribution in [0.1, 0.15) is 45.6 Å². The molecule has 1 aliphatic heterocycles. The van der Waals surface area contributed by atoms with Crippen molar-refractivity contribution in [3.05, 3.63) is 50.4 Å². The number of nitrogens with one attached hydrogen (secondary N) is 1. The normalized spacial score (nSPS) is 21.7. The molecule has 2 N–H and O–H groups in total. The molecule has 0 fully saturated rings. The van der Waals surface area contributed by atoms with Crippen molar-refractivity contribution in [1.82, 2.24) is 5.32 Å². The van der Waals surface area contributed by atoms with Crippen LogP contribution in [-0.2, 0) is 23.9 Å². The third-order valence-electron chi connectivity index (χ3n) is 6.15. The molecule has 1 heterocycles. The van der Waals surface area contributed by atoms with Crippen molar-refractivity contribution in [2.75, 3.05) is 20.3 Å². The molecule has 11 nitrogen and oxygen atoms in total. The van der Waals surface area contributed by atoms with Gasteiger partial charge in [0.15, 0.2) is 11.5 Å². The summed E-state index contributed by atoms with van der Waals surface area (Å²) in [5.41, 5.74) is 0.632. The van der Waals surface area contributed by atoms with E-state index >= 15 is 0 Å². The molecular formula is C24H28N2O9. The van der Waals surface area contributed by atoms with Crippen LogP contribution in [0.5, 0.6) is 11.5 Å². The first-order chi connectivity index (χ1) is 16.6. The summed E-state index contributed by atoms with van der Waals surface area (Å²) in [4.78, 5) is 50.1. The third kappa shape index (κ3) is 4.58. The number of rotatable bonds is 7. The van der Waals surface area contributed by atoms with Crippen LogP contribution >= 0.6 is 0 Å². The van der Waals surface area contributed by atoms with Gasteiger partial charge < -0.3 is 24.6 Å². The summed E-state index contributed by atoms with van der Waals surface area (Å²) in [6.07, 6.45) is 0.309. The van der Waals surface area contributed by atoms with E-state index in [1.807, 2.05) is 0 Å². The molecule has 35 heavy (non-hydrogen) atoms. The van der Waals surface area contributed by atoms with Gasteiger partial charge in [0.05, 0.1) is 30.8 Å². The summed E-state index contributed by atoms with van der Waals surface area (Å²) in [5, 5.41) is 25.2. The van der Waals surface area contributed by atoms with Gasteiger partial charge in [0.25, 0.3) is 0 Å². The smallest absolute Gasteiger partial charge is 0.336 e. The molecule has 3 rings (SSSR count). The van der Waals surface area contributed by atoms with Crippen molar-refractivity contribution in [2.45, 2.75) is 40.0 Å². The Labute approximate surface area is 201 Å². The summed E-state index contributed by atoms with van der Waals surface area (Å²) in [6.45, 7) is 6.83. The van der Waals surface area contributed by atoms with Crippen molar-refractivity contribution in [3.63, 3.8) is 0 Å². The Morgan fingerprint density at radius 1 is 1.26 bits per heavy atom. The van der Waals surface area contributed by atoms with E-state index in [1.54, 1.807) is 27.7 Å². The van der Waals surface area contributed by atoms with Crippen LogP contribution in [0.3, 0.4) is 0 Å². The van der Waals surface area contributed by atoms with E-state index in [-0.39, 0.29) is 41.6 Å². The highest BCUT2D eigenvalue weighted by Gasteiger charge is 2.47. The van der Waals surface area contributed by atoms with Crippen LogP contribution in [0.4, 0.5) is 5.69 Å². The molecule has 1 aromatic rings.